The molecule has 0 amide bonds. The van der Waals surface area contributed by atoms with E-state index in [1.807, 2.05) is 37.3 Å². The number of hydrogen-bond donors (Lipinski definition) is 1. The molecular weight excluding hydrogens is 236 g/mol. The van der Waals surface area contributed by atoms with Gasteiger partial charge < -0.3 is 10.5 Å². The lowest BCUT2D eigenvalue weighted by Gasteiger charge is -2.11. The number of benzene rings is 2. The van der Waals surface area contributed by atoms with Crippen molar-refractivity contribution in [2.45, 2.75) is 13.3 Å². The van der Waals surface area contributed by atoms with Crippen LogP contribution >= 0.6 is 0 Å². The van der Waals surface area contributed by atoms with E-state index in [2.05, 4.69) is 6.07 Å². The van der Waals surface area contributed by atoms with Crippen molar-refractivity contribution in [2.24, 2.45) is 0 Å². The van der Waals surface area contributed by atoms with E-state index in [9.17, 15) is 0 Å². The fourth-order valence-corrected chi connectivity index (χ4v) is 2.04. The minimum atomic E-state index is 0.672. The molecule has 3 nitrogen and oxygen atoms in total. The molecule has 2 aromatic carbocycles. The Morgan fingerprint density at radius 3 is 2.74 bits per heavy atom. The van der Waals surface area contributed by atoms with Crippen LogP contribution in [0.1, 0.15) is 22.3 Å². The third-order valence-corrected chi connectivity index (χ3v) is 3.22. The first kappa shape index (κ1) is 13.0. The lowest BCUT2D eigenvalue weighted by atomic mass is 9.98. The van der Waals surface area contributed by atoms with E-state index in [4.69, 9.17) is 15.7 Å². The van der Waals surface area contributed by atoms with Gasteiger partial charge in [0.2, 0.25) is 0 Å². The number of hydrogen-bond acceptors (Lipinski definition) is 3. The number of ether oxygens (including phenoxy) is 1. The predicted molar refractivity (Wildman–Crippen MR) is 76.1 cm³/mol. The molecule has 0 saturated carbocycles. The topological polar surface area (TPSA) is 59.0 Å². The van der Waals surface area contributed by atoms with Crippen LogP contribution in [-0.4, -0.2) is 7.11 Å². The van der Waals surface area contributed by atoms with E-state index in [0.717, 1.165) is 34.5 Å². The molecule has 3 heteroatoms. The van der Waals surface area contributed by atoms with Crippen LogP contribution < -0.4 is 10.5 Å². The molecule has 0 fully saturated rings. The van der Waals surface area contributed by atoms with Crippen LogP contribution in [0.5, 0.6) is 5.75 Å². The molecule has 0 spiro atoms. The molecule has 0 aromatic heterocycles. The molecule has 96 valence electrons. The van der Waals surface area contributed by atoms with Crippen LogP contribution in [0.4, 0.5) is 5.69 Å². The van der Waals surface area contributed by atoms with Gasteiger partial charge in [-0.15, -0.1) is 0 Å². The Bertz CT molecular complexity index is 642. The Hall–Kier alpha value is -2.47. The molecule has 2 N–H and O–H groups in total. The third-order valence-electron chi connectivity index (χ3n) is 3.22. The zero-order chi connectivity index (χ0) is 13.8. The molecule has 0 radical (unpaired) electrons. The van der Waals surface area contributed by atoms with Crippen LogP contribution in [0, 0.1) is 18.3 Å². The molecule has 0 atom stereocenters. The van der Waals surface area contributed by atoms with Gasteiger partial charge in [0.25, 0.3) is 0 Å². The van der Waals surface area contributed by atoms with E-state index in [1.54, 1.807) is 13.2 Å². The fourth-order valence-electron chi connectivity index (χ4n) is 2.04. The van der Waals surface area contributed by atoms with Crippen LogP contribution in [0.3, 0.4) is 0 Å². The van der Waals surface area contributed by atoms with Gasteiger partial charge in [0.05, 0.1) is 18.7 Å². The van der Waals surface area contributed by atoms with Gasteiger partial charge in [-0.2, -0.15) is 5.26 Å². The van der Waals surface area contributed by atoms with E-state index < -0.39 is 0 Å². The number of methoxy groups -OCH3 is 1. The van der Waals surface area contributed by atoms with Gasteiger partial charge in [-0.3, -0.25) is 0 Å². The minimum absolute atomic E-state index is 0.672. The molecule has 2 rings (SSSR count). The van der Waals surface area contributed by atoms with Crippen molar-refractivity contribution in [3.05, 3.63) is 58.7 Å². The summed E-state index contributed by atoms with van der Waals surface area (Å²) in [4.78, 5) is 0. The second kappa shape index (κ2) is 5.45. The summed E-state index contributed by atoms with van der Waals surface area (Å²) in [6.07, 6.45) is 0.739. The first-order valence-corrected chi connectivity index (χ1v) is 6.06. The van der Waals surface area contributed by atoms with E-state index in [0.29, 0.717) is 5.56 Å². The summed E-state index contributed by atoms with van der Waals surface area (Å²) in [5.41, 5.74) is 10.6. The highest BCUT2D eigenvalue weighted by Gasteiger charge is 2.07. The normalized spacial score (nSPS) is 9.95. The van der Waals surface area contributed by atoms with Gasteiger partial charge in [-0.25, -0.2) is 0 Å². The summed E-state index contributed by atoms with van der Waals surface area (Å²) in [6.45, 7) is 2.00. The SMILES string of the molecule is COc1cc(N)c(C)c(Cc2cccc(C#N)c2)c1. The lowest BCUT2D eigenvalue weighted by Crippen LogP contribution is -1.99. The molecule has 2 aromatic rings. The van der Waals surface area contributed by atoms with Gasteiger partial charge in [0.1, 0.15) is 5.75 Å². The number of anilines is 1. The van der Waals surface area contributed by atoms with Crippen LogP contribution in [-0.2, 0) is 6.42 Å². The van der Waals surface area contributed by atoms with Crippen molar-refractivity contribution in [3.63, 3.8) is 0 Å². The second-order valence-corrected chi connectivity index (χ2v) is 4.49. The molecule has 0 aliphatic carbocycles. The van der Waals surface area contributed by atoms with E-state index in [1.165, 1.54) is 0 Å². The van der Waals surface area contributed by atoms with Crippen molar-refractivity contribution in [1.29, 1.82) is 5.26 Å². The summed E-state index contributed by atoms with van der Waals surface area (Å²) in [6, 6.07) is 13.6. The highest BCUT2D eigenvalue weighted by Crippen LogP contribution is 2.26. The van der Waals surface area contributed by atoms with Crippen LogP contribution in [0.25, 0.3) is 0 Å². The zero-order valence-electron chi connectivity index (χ0n) is 11.1. The quantitative estimate of drug-likeness (QED) is 0.854. The monoisotopic (exact) mass is 252 g/mol. The first-order valence-electron chi connectivity index (χ1n) is 6.06. The van der Waals surface area contributed by atoms with Crippen molar-refractivity contribution in [3.8, 4) is 11.8 Å². The van der Waals surface area contributed by atoms with Gasteiger partial charge in [0.15, 0.2) is 0 Å². The summed E-state index contributed by atoms with van der Waals surface area (Å²) < 4.78 is 5.24. The van der Waals surface area contributed by atoms with Crippen molar-refractivity contribution < 1.29 is 4.74 Å². The van der Waals surface area contributed by atoms with Gasteiger partial charge in [-0.05, 0) is 48.2 Å². The average Bonchev–Trinajstić information content (AvgIpc) is 2.43. The minimum Gasteiger partial charge on any atom is -0.497 e. The molecule has 0 heterocycles. The maximum absolute atomic E-state index is 8.92. The number of rotatable bonds is 3. The predicted octanol–water partition coefficient (Wildman–Crippen LogP) is 3.05. The van der Waals surface area contributed by atoms with Gasteiger partial charge in [0, 0.05) is 11.8 Å². The molecule has 0 aliphatic rings. The van der Waals surface area contributed by atoms with E-state index >= 15 is 0 Å². The molecule has 0 bridgehead atoms. The third kappa shape index (κ3) is 2.86. The fraction of sp³-hybridized carbons (Fsp3) is 0.188. The van der Waals surface area contributed by atoms with E-state index in [-0.39, 0.29) is 0 Å². The zero-order valence-corrected chi connectivity index (χ0v) is 11.1. The largest absolute Gasteiger partial charge is 0.497 e. The highest BCUT2D eigenvalue weighted by atomic mass is 16.5. The van der Waals surface area contributed by atoms with Gasteiger partial charge >= 0.3 is 0 Å². The Labute approximate surface area is 113 Å². The lowest BCUT2D eigenvalue weighted by molar-refractivity contribution is 0.414. The summed E-state index contributed by atoms with van der Waals surface area (Å²) in [5, 5.41) is 8.92. The van der Waals surface area contributed by atoms with Crippen LogP contribution in [0.15, 0.2) is 36.4 Å². The van der Waals surface area contributed by atoms with Crippen molar-refractivity contribution >= 4 is 5.69 Å². The Balaban J connectivity index is 2.37. The standard InChI is InChI=1S/C16H16N2O/c1-11-14(8-15(19-2)9-16(11)18)7-12-4-3-5-13(6-12)10-17/h3-6,8-9H,7,18H2,1-2H3. The molecule has 0 unspecified atom stereocenters. The Morgan fingerprint density at radius 2 is 2.05 bits per heavy atom. The second-order valence-electron chi connectivity index (χ2n) is 4.49. The highest BCUT2D eigenvalue weighted by molar-refractivity contribution is 5.56. The number of nitriles is 1. The number of nitrogen functional groups attached to an aromatic ring is 1. The summed E-state index contributed by atoms with van der Waals surface area (Å²) in [7, 11) is 1.63. The van der Waals surface area contributed by atoms with Crippen molar-refractivity contribution in [2.75, 3.05) is 12.8 Å². The molecular formula is C16H16N2O. The number of nitrogens with two attached hydrogens (primary N) is 1. The Kier molecular flexibility index (Phi) is 3.72. The maximum atomic E-state index is 8.92. The molecule has 19 heavy (non-hydrogen) atoms. The maximum Gasteiger partial charge on any atom is 0.121 e. The molecule has 0 aliphatic heterocycles. The Morgan fingerprint density at radius 1 is 1.26 bits per heavy atom. The van der Waals surface area contributed by atoms with Gasteiger partial charge in [-0.1, -0.05) is 12.1 Å². The average molecular weight is 252 g/mol. The smallest absolute Gasteiger partial charge is 0.121 e. The van der Waals surface area contributed by atoms with Crippen LogP contribution in [0.2, 0.25) is 0 Å². The molecule has 0 saturated heterocycles. The summed E-state index contributed by atoms with van der Waals surface area (Å²) in [5.74, 6) is 0.759. The summed E-state index contributed by atoms with van der Waals surface area (Å²) >= 11 is 0. The number of nitrogens with zero attached hydrogens (tertiary/aromatic N) is 1. The first-order chi connectivity index (χ1) is 9.13. The van der Waals surface area contributed by atoms with Crippen molar-refractivity contribution in [1.82, 2.24) is 0 Å².